The van der Waals surface area contributed by atoms with Crippen molar-refractivity contribution in [2.45, 2.75) is 12.8 Å². The standard InChI is InChI=1S/C8H11N3O/c1-11-8(12)6-5-9-4-2-3-7(6)10-11/h5,10H,2-4H2,1H3. The highest BCUT2D eigenvalue weighted by molar-refractivity contribution is 5.80. The second kappa shape index (κ2) is 2.62. The van der Waals surface area contributed by atoms with E-state index in [0.29, 0.717) is 0 Å². The molecule has 0 spiro atoms. The van der Waals surface area contributed by atoms with Crippen LogP contribution in [-0.2, 0) is 13.5 Å². The number of nitrogens with one attached hydrogen (secondary N) is 1. The summed E-state index contributed by atoms with van der Waals surface area (Å²) in [5.41, 5.74) is 1.77. The fourth-order valence-corrected chi connectivity index (χ4v) is 1.45. The molecule has 2 heterocycles. The fourth-order valence-electron chi connectivity index (χ4n) is 1.45. The van der Waals surface area contributed by atoms with Gasteiger partial charge in [-0.3, -0.25) is 19.6 Å². The van der Waals surface area contributed by atoms with Crippen LogP contribution in [0.15, 0.2) is 9.79 Å². The second-order valence-corrected chi connectivity index (χ2v) is 3.01. The number of H-pyrrole nitrogens is 1. The third-order valence-corrected chi connectivity index (χ3v) is 2.10. The van der Waals surface area contributed by atoms with Gasteiger partial charge in [0.05, 0.1) is 5.56 Å². The highest BCUT2D eigenvalue weighted by atomic mass is 16.1. The van der Waals surface area contributed by atoms with E-state index in [1.165, 1.54) is 4.68 Å². The zero-order valence-electron chi connectivity index (χ0n) is 7.00. The van der Waals surface area contributed by atoms with E-state index in [-0.39, 0.29) is 5.56 Å². The minimum absolute atomic E-state index is 0.0238. The van der Waals surface area contributed by atoms with E-state index in [1.54, 1.807) is 13.3 Å². The Hall–Kier alpha value is -1.32. The molecule has 1 aliphatic rings. The molecule has 64 valence electrons. The van der Waals surface area contributed by atoms with E-state index in [4.69, 9.17) is 0 Å². The minimum atomic E-state index is 0.0238. The normalized spacial score (nSPS) is 15.8. The van der Waals surface area contributed by atoms with Crippen molar-refractivity contribution in [3.05, 3.63) is 21.6 Å². The third-order valence-electron chi connectivity index (χ3n) is 2.10. The predicted molar refractivity (Wildman–Crippen MR) is 46.8 cm³/mol. The van der Waals surface area contributed by atoms with Crippen LogP contribution in [0.1, 0.15) is 17.7 Å². The van der Waals surface area contributed by atoms with E-state index in [1.807, 2.05) is 0 Å². The van der Waals surface area contributed by atoms with E-state index in [2.05, 4.69) is 10.1 Å². The SMILES string of the molecule is Cn1[nH]c2c(c1=O)C=NCCC2. The number of nitrogens with zero attached hydrogens (tertiary/aromatic N) is 2. The molecule has 0 saturated heterocycles. The zero-order chi connectivity index (χ0) is 8.55. The van der Waals surface area contributed by atoms with Gasteiger partial charge in [-0.1, -0.05) is 0 Å². The van der Waals surface area contributed by atoms with Gasteiger partial charge in [-0.25, -0.2) is 0 Å². The number of rotatable bonds is 0. The molecule has 0 saturated carbocycles. The van der Waals surface area contributed by atoms with Gasteiger partial charge in [0.1, 0.15) is 0 Å². The molecule has 2 rings (SSSR count). The first-order valence-electron chi connectivity index (χ1n) is 4.07. The van der Waals surface area contributed by atoms with Crippen LogP contribution < -0.4 is 5.56 Å². The van der Waals surface area contributed by atoms with Crippen LogP contribution in [0.25, 0.3) is 0 Å². The number of hydrogen-bond donors (Lipinski definition) is 1. The molecule has 0 aliphatic carbocycles. The summed E-state index contributed by atoms with van der Waals surface area (Å²) in [6.07, 6.45) is 3.62. The second-order valence-electron chi connectivity index (χ2n) is 3.01. The lowest BCUT2D eigenvalue weighted by atomic mass is 10.2. The summed E-state index contributed by atoms with van der Waals surface area (Å²) in [4.78, 5) is 15.5. The van der Waals surface area contributed by atoms with Crippen molar-refractivity contribution >= 4 is 6.21 Å². The Kier molecular flexibility index (Phi) is 1.60. The van der Waals surface area contributed by atoms with Crippen molar-refractivity contribution in [2.75, 3.05) is 6.54 Å². The Morgan fingerprint density at radius 3 is 3.33 bits per heavy atom. The van der Waals surface area contributed by atoms with Crippen molar-refractivity contribution in [1.82, 2.24) is 9.78 Å². The topological polar surface area (TPSA) is 50.1 Å². The molecule has 0 unspecified atom stereocenters. The minimum Gasteiger partial charge on any atom is -0.299 e. The van der Waals surface area contributed by atoms with Gasteiger partial charge in [-0.05, 0) is 12.8 Å². The summed E-state index contributed by atoms with van der Waals surface area (Å²) in [6.45, 7) is 0.825. The van der Waals surface area contributed by atoms with Crippen molar-refractivity contribution in [3.63, 3.8) is 0 Å². The summed E-state index contributed by atoms with van der Waals surface area (Å²) in [7, 11) is 1.73. The first-order valence-corrected chi connectivity index (χ1v) is 4.07. The summed E-state index contributed by atoms with van der Waals surface area (Å²) >= 11 is 0. The molecule has 1 aromatic rings. The van der Waals surface area contributed by atoms with Crippen molar-refractivity contribution in [2.24, 2.45) is 12.0 Å². The fraction of sp³-hybridized carbons (Fsp3) is 0.500. The van der Waals surface area contributed by atoms with E-state index in [9.17, 15) is 4.79 Å². The largest absolute Gasteiger partial charge is 0.299 e. The molecule has 0 aromatic carbocycles. The molecular formula is C8H11N3O. The molecule has 1 N–H and O–H groups in total. The third kappa shape index (κ3) is 0.995. The predicted octanol–water partition coefficient (Wildman–Crippen LogP) is 0.0785. The average Bonchev–Trinajstić information content (AvgIpc) is 2.30. The smallest absolute Gasteiger partial charge is 0.275 e. The highest BCUT2D eigenvalue weighted by Gasteiger charge is 2.11. The maximum absolute atomic E-state index is 11.4. The van der Waals surface area contributed by atoms with Gasteiger partial charge in [0, 0.05) is 25.5 Å². The molecule has 12 heavy (non-hydrogen) atoms. The highest BCUT2D eigenvalue weighted by Crippen LogP contribution is 2.05. The number of hydrogen-bond acceptors (Lipinski definition) is 2. The average molecular weight is 165 g/mol. The lowest BCUT2D eigenvalue weighted by Crippen LogP contribution is -2.14. The van der Waals surface area contributed by atoms with E-state index in [0.717, 1.165) is 30.6 Å². The van der Waals surface area contributed by atoms with E-state index < -0.39 is 0 Å². The zero-order valence-corrected chi connectivity index (χ0v) is 7.00. The van der Waals surface area contributed by atoms with Crippen molar-refractivity contribution in [1.29, 1.82) is 0 Å². The van der Waals surface area contributed by atoms with Gasteiger partial charge in [0.15, 0.2) is 0 Å². The summed E-state index contributed by atoms with van der Waals surface area (Å²) < 4.78 is 1.50. The Balaban J connectivity index is 2.62. The molecule has 1 aromatic heterocycles. The molecular weight excluding hydrogens is 154 g/mol. The van der Waals surface area contributed by atoms with Crippen LogP contribution in [0, 0.1) is 0 Å². The van der Waals surface area contributed by atoms with Crippen molar-refractivity contribution in [3.8, 4) is 0 Å². The van der Waals surface area contributed by atoms with Crippen molar-refractivity contribution < 1.29 is 0 Å². The van der Waals surface area contributed by atoms with Crippen LogP contribution in [0.5, 0.6) is 0 Å². The monoisotopic (exact) mass is 165 g/mol. The van der Waals surface area contributed by atoms with Crippen LogP contribution in [0.4, 0.5) is 0 Å². The first-order chi connectivity index (χ1) is 5.79. The number of fused-ring (bicyclic) bond motifs is 1. The Morgan fingerprint density at radius 1 is 1.67 bits per heavy atom. The van der Waals surface area contributed by atoms with Gasteiger partial charge in [0.25, 0.3) is 5.56 Å². The number of aryl methyl sites for hydroxylation is 2. The van der Waals surface area contributed by atoms with Crippen LogP contribution in [0.3, 0.4) is 0 Å². The molecule has 4 nitrogen and oxygen atoms in total. The van der Waals surface area contributed by atoms with Crippen LogP contribution in [0.2, 0.25) is 0 Å². The van der Waals surface area contributed by atoms with Gasteiger partial charge in [-0.2, -0.15) is 0 Å². The molecule has 4 heteroatoms. The summed E-state index contributed by atoms with van der Waals surface area (Å²) in [5.74, 6) is 0. The Labute approximate surface area is 69.9 Å². The molecule has 0 amide bonds. The molecule has 0 radical (unpaired) electrons. The quantitative estimate of drug-likeness (QED) is 0.581. The first kappa shape index (κ1) is 7.34. The molecule has 0 atom stereocenters. The maximum Gasteiger partial charge on any atom is 0.275 e. The number of aliphatic imine (C=N–C) groups is 1. The Bertz CT molecular complexity index is 372. The van der Waals surface area contributed by atoms with Gasteiger partial charge < -0.3 is 0 Å². The van der Waals surface area contributed by atoms with Gasteiger partial charge >= 0.3 is 0 Å². The van der Waals surface area contributed by atoms with Crippen LogP contribution >= 0.6 is 0 Å². The lowest BCUT2D eigenvalue weighted by Gasteiger charge is -1.92. The van der Waals surface area contributed by atoms with E-state index >= 15 is 0 Å². The maximum atomic E-state index is 11.4. The molecule has 1 aliphatic heterocycles. The van der Waals surface area contributed by atoms with Crippen LogP contribution in [-0.4, -0.2) is 22.5 Å². The summed E-state index contributed by atoms with van der Waals surface area (Å²) in [5, 5.41) is 3.02. The molecule has 0 fully saturated rings. The lowest BCUT2D eigenvalue weighted by molar-refractivity contribution is 0.707. The molecule has 0 bridgehead atoms. The van der Waals surface area contributed by atoms with Gasteiger partial charge in [-0.15, -0.1) is 0 Å². The number of aromatic nitrogens is 2. The van der Waals surface area contributed by atoms with Gasteiger partial charge in [0.2, 0.25) is 0 Å². The summed E-state index contributed by atoms with van der Waals surface area (Å²) in [6, 6.07) is 0. The Morgan fingerprint density at radius 2 is 2.50 bits per heavy atom. The number of aromatic amines is 1.